The number of aromatic nitrogens is 2. The van der Waals surface area contributed by atoms with Crippen LogP contribution < -0.4 is 5.56 Å². The lowest BCUT2D eigenvalue weighted by Crippen LogP contribution is -2.34. The molecule has 1 aliphatic heterocycles. The van der Waals surface area contributed by atoms with Gasteiger partial charge in [0, 0.05) is 6.07 Å². The van der Waals surface area contributed by atoms with E-state index in [1.165, 1.54) is 0 Å². The van der Waals surface area contributed by atoms with Crippen LogP contribution in [0, 0.1) is 11.6 Å². The van der Waals surface area contributed by atoms with Gasteiger partial charge in [-0.1, -0.05) is 0 Å². The van der Waals surface area contributed by atoms with Crippen LogP contribution in [-0.4, -0.2) is 26.4 Å². The van der Waals surface area contributed by atoms with Crippen LogP contribution in [0.1, 0.15) is 5.56 Å². The van der Waals surface area contributed by atoms with Crippen LogP contribution in [0.3, 0.4) is 0 Å². The maximum absolute atomic E-state index is 13.7. The van der Waals surface area contributed by atoms with Crippen LogP contribution in [0.25, 0.3) is 11.0 Å². The molecule has 1 aliphatic rings. The molecule has 7 heteroatoms. The van der Waals surface area contributed by atoms with E-state index >= 15 is 0 Å². The van der Waals surface area contributed by atoms with Crippen molar-refractivity contribution in [3.63, 3.8) is 0 Å². The Morgan fingerprint density at radius 3 is 2.83 bits per heavy atom. The normalized spacial score (nSPS) is 21.8. The first-order valence-corrected chi connectivity index (χ1v) is 5.19. The van der Waals surface area contributed by atoms with Crippen LogP contribution in [-0.2, 0) is 12.1 Å². The number of nitrogens with zero attached hydrogens (tertiary/aromatic N) is 2. The molecule has 18 heavy (non-hydrogen) atoms. The number of aliphatic hydroxyl groups excluding tert-OH is 1. The molecule has 0 bridgehead atoms. The van der Waals surface area contributed by atoms with E-state index in [4.69, 9.17) is 0 Å². The van der Waals surface area contributed by atoms with Crippen LogP contribution in [0.2, 0.25) is 0 Å². The van der Waals surface area contributed by atoms with Gasteiger partial charge in [-0.3, -0.25) is 9.78 Å². The van der Waals surface area contributed by atoms with Gasteiger partial charge in [-0.25, -0.2) is 8.78 Å². The van der Waals surface area contributed by atoms with Crippen molar-refractivity contribution in [3.05, 3.63) is 39.8 Å². The van der Waals surface area contributed by atoms with E-state index < -0.39 is 35.9 Å². The average Bonchev–Trinajstić information content (AvgIpc) is 2.67. The van der Waals surface area contributed by atoms with Gasteiger partial charge in [0.05, 0.1) is 35.9 Å². The van der Waals surface area contributed by atoms with Crippen molar-refractivity contribution < 1.29 is 19.0 Å². The smallest absolute Gasteiger partial charge is 0.287 e. The molecule has 0 aromatic carbocycles. The van der Waals surface area contributed by atoms with Crippen LogP contribution >= 0.6 is 0 Å². The first kappa shape index (κ1) is 11.2. The van der Waals surface area contributed by atoms with E-state index in [-0.39, 0.29) is 16.6 Å². The second-order valence-electron chi connectivity index (χ2n) is 4.29. The predicted octanol–water partition coefficient (Wildman–Crippen LogP) is -0.132. The van der Waals surface area contributed by atoms with Gasteiger partial charge in [-0.05, 0) is 0 Å². The Balaban J connectivity index is 2.54. The first-order valence-electron chi connectivity index (χ1n) is 5.19. The standard InChI is InChI=1S/C11H8F2N2O3/c12-5-1-7-9-8(6(13)2-14-7)11(18,4-16)3-15(9)10(5)17/h1-2,16,18H,3-4H2. The third kappa shape index (κ3) is 1.20. The summed E-state index contributed by atoms with van der Waals surface area (Å²) in [6.07, 6.45) is 0.831. The highest BCUT2D eigenvalue weighted by atomic mass is 19.1. The summed E-state index contributed by atoms with van der Waals surface area (Å²) in [5, 5.41) is 19.3. The van der Waals surface area contributed by atoms with E-state index in [1.54, 1.807) is 0 Å². The predicted molar refractivity (Wildman–Crippen MR) is 56.9 cm³/mol. The summed E-state index contributed by atoms with van der Waals surface area (Å²) >= 11 is 0. The van der Waals surface area contributed by atoms with Gasteiger partial charge < -0.3 is 14.8 Å². The second kappa shape index (κ2) is 3.33. The van der Waals surface area contributed by atoms with Crippen molar-refractivity contribution in [2.75, 3.05) is 6.61 Å². The fraction of sp³-hybridized carbons (Fsp3) is 0.273. The van der Waals surface area contributed by atoms with E-state index in [1.807, 2.05) is 0 Å². The summed E-state index contributed by atoms with van der Waals surface area (Å²) in [5.74, 6) is -1.87. The summed E-state index contributed by atoms with van der Waals surface area (Å²) in [4.78, 5) is 15.3. The molecule has 3 rings (SSSR count). The van der Waals surface area contributed by atoms with Crippen LogP contribution in [0.4, 0.5) is 8.78 Å². The molecular weight excluding hydrogens is 246 g/mol. The minimum atomic E-state index is -1.93. The highest BCUT2D eigenvalue weighted by Gasteiger charge is 2.41. The molecule has 0 radical (unpaired) electrons. The minimum absolute atomic E-state index is 0.0259. The molecule has 0 aliphatic carbocycles. The van der Waals surface area contributed by atoms with Gasteiger partial charge in [0.2, 0.25) is 0 Å². The topological polar surface area (TPSA) is 75.4 Å². The fourth-order valence-electron chi connectivity index (χ4n) is 2.35. The summed E-state index contributed by atoms with van der Waals surface area (Å²) in [6, 6.07) is 0.889. The van der Waals surface area contributed by atoms with Crippen LogP contribution in [0.5, 0.6) is 0 Å². The van der Waals surface area contributed by atoms with Gasteiger partial charge in [0.25, 0.3) is 5.56 Å². The molecule has 94 valence electrons. The molecule has 3 heterocycles. The van der Waals surface area contributed by atoms with Crippen molar-refractivity contribution >= 4 is 11.0 Å². The molecule has 0 saturated carbocycles. The summed E-state index contributed by atoms with van der Waals surface area (Å²) in [6.45, 7) is -1.17. The number of pyridine rings is 2. The number of aliphatic hydroxyl groups is 2. The molecule has 2 aromatic heterocycles. The summed E-state index contributed by atoms with van der Waals surface area (Å²) < 4.78 is 28.0. The molecular formula is C11H8F2N2O3. The Bertz CT molecular complexity index is 728. The Morgan fingerprint density at radius 1 is 1.44 bits per heavy atom. The Morgan fingerprint density at radius 2 is 2.17 bits per heavy atom. The molecule has 0 saturated heterocycles. The summed E-state index contributed by atoms with van der Waals surface area (Å²) in [7, 11) is 0. The van der Waals surface area contributed by atoms with Crippen molar-refractivity contribution in [2.24, 2.45) is 0 Å². The molecule has 5 nitrogen and oxygen atoms in total. The Kier molecular flexibility index (Phi) is 2.08. The average molecular weight is 254 g/mol. The number of halogens is 2. The van der Waals surface area contributed by atoms with E-state index in [2.05, 4.69) is 4.98 Å². The van der Waals surface area contributed by atoms with Gasteiger partial charge in [-0.2, -0.15) is 0 Å². The van der Waals surface area contributed by atoms with Gasteiger partial charge in [0.1, 0.15) is 11.4 Å². The molecule has 0 amide bonds. The monoisotopic (exact) mass is 254 g/mol. The number of hydrogen-bond donors (Lipinski definition) is 2. The van der Waals surface area contributed by atoms with Crippen molar-refractivity contribution in [2.45, 2.75) is 12.1 Å². The fourth-order valence-corrected chi connectivity index (χ4v) is 2.35. The molecule has 1 atom stereocenters. The zero-order valence-corrected chi connectivity index (χ0v) is 9.02. The van der Waals surface area contributed by atoms with E-state index in [9.17, 15) is 23.8 Å². The van der Waals surface area contributed by atoms with Crippen LogP contribution in [0.15, 0.2) is 17.1 Å². The Labute approximate surface area is 98.9 Å². The van der Waals surface area contributed by atoms with Gasteiger partial charge in [-0.15, -0.1) is 0 Å². The molecule has 0 fully saturated rings. The largest absolute Gasteiger partial charge is 0.393 e. The SMILES string of the molecule is O=c1c(F)cc2ncc(F)c3c2n1CC3(O)CO. The number of rotatable bonds is 1. The zero-order valence-electron chi connectivity index (χ0n) is 9.02. The second-order valence-corrected chi connectivity index (χ2v) is 4.29. The quantitative estimate of drug-likeness (QED) is 0.743. The lowest BCUT2D eigenvalue weighted by molar-refractivity contribution is -0.0270. The van der Waals surface area contributed by atoms with Gasteiger partial charge >= 0.3 is 0 Å². The highest BCUT2D eigenvalue weighted by molar-refractivity contribution is 5.81. The van der Waals surface area contributed by atoms with E-state index in [0.29, 0.717) is 0 Å². The lowest BCUT2D eigenvalue weighted by Gasteiger charge is -2.20. The summed E-state index contributed by atoms with van der Waals surface area (Å²) in [5.41, 5.74) is -3.02. The Hall–Kier alpha value is -1.86. The third-order valence-corrected chi connectivity index (χ3v) is 3.16. The lowest BCUT2D eigenvalue weighted by atomic mass is 9.97. The highest BCUT2D eigenvalue weighted by Crippen LogP contribution is 2.36. The number of hydrogen-bond acceptors (Lipinski definition) is 4. The molecule has 2 N–H and O–H groups in total. The van der Waals surface area contributed by atoms with Crippen molar-refractivity contribution in [3.8, 4) is 0 Å². The first-order chi connectivity index (χ1) is 8.48. The maximum Gasteiger partial charge on any atom is 0.287 e. The van der Waals surface area contributed by atoms with Gasteiger partial charge in [0.15, 0.2) is 5.82 Å². The zero-order chi connectivity index (χ0) is 13.1. The van der Waals surface area contributed by atoms with Crippen molar-refractivity contribution in [1.29, 1.82) is 0 Å². The minimum Gasteiger partial charge on any atom is -0.393 e. The maximum atomic E-state index is 13.7. The van der Waals surface area contributed by atoms with Crippen molar-refractivity contribution in [1.82, 2.24) is 9.55 Å². The third-order valence-electron chi connectivity index (χ3n) is 3.16. The molecule has 1 unspecified atom stereocenters. The molecule has 2 aromatic rings. The molecule has 0 spiro atoms. The van der Waals surface area contributed by atoms with E-state index in [0.717, 1.165) is 16.8 Å².